The van der Waals surface area contributed by atoms with E-state index < -0.39 is 29.9 Å². The number of amides is 4. The Labute approximate surface area is 153 Å². The molecular weight excluding hydrogens is 358 g/mol. The lowest BCUT2D eigenvalue weighted by Crippen LogP contribution is -2.42. The van der Waals surface area contributed by atoms with E-state index in [1.807, 2.05) is 0 Å². The Morgan fingerprint density at radius 3 is 2.58 bits per heavy atom. The van der Waals surface area contributed by atoms with Crippen molar-refractivity contribution in [2.24, 2.45) is 0 Å². The van der Waals surface area contributed by atoms with E-state index >= 15 is 0 Å². The maximum Gasteiger partial charge on any atom is 0.325 e. The molecule has 10 heteroatoms. The van der Waals surface area contributed by atoms with Gasteiger partial charge in [0.15, 0.2) is 0 Å². The second kappa shape index (κ2) is 6.71. The Hall–Kier alpha value is -3.01. The summed E-state index contributed by atoms with van der Waals surface area (Å²) in [6, 6.07) is 6.17. The third-order valence-corrected chi connectivity index (χ3v) is 4.77. The van der Waals surface area contributed by atoms with Crippen LogP contribution in [0.4, 0.5) is 9.93 Å². The molecule has 0 saturated carbocycles. The fourth-order valence-corrected chi connectivity index (χ4v) is 3.22. The Morgan fingerprint density at radius 1 is 1.31 bits per heavy atom. The van der Waals surface area contributed by atoms with E-state index in [2.05, 4.69) is 20.8 Å². The lowest BCUT2D eigenvalue weighted by Gasteiger charge is -2.22. The number of imide groups is 1. The maximum atomic E-state index is 12.8. The van der Waals surface area contributed by atoms with Crippen molar-refractivity contribution in [2.45, 2.75) is 19.4 Å². The van der Waals surface area contributed by atoms with E-state index in [1.54, 1.807) is 45.2 Å². The van der Waals surface area contributed by atoms with E-state index in [4.69, 9.17) is 4.74 Å². The zero-order valence-electron chi connectivity index (χ0n) is 14.4. The van der Waals surface area contributed by atoms with Crippen LogP contribution in [0.2, 0.25) is 0 Å². The highest BCUT2D eigenvalue weighted by Crippen LogP contribution is 2.30. The first-order valence-electron chi connectivity index (χ1n) is 7.72. The number of benzene rings is 1. The van der Waals surface area contributed by atoms with Crippen LogP contribution < -0.4 is 15.4 Å². The highest BCUT2D eigenvalue weighted by Gasteiger charge is 2.49. The van der Waals surface area contributed by atoms with Gasteiger partial charge in [0.2, 0.25) is 11.0 Å². The molecule has 0 radical (unpaired) electrons. The first kappa shape index (κ1) is 17.8. The zero-order valence-corrected chi connectivity index (χ0v) is 15.2. The molecule has 1 aliphatic rings. The summed E-state index contributed by atoms with van der Waals surface area (Å²) >= 11 is 1.21. The zero-order chi connectivity index (χ0) is 18.9. The SMILES string of the molecule is COc1ccc(C2(C)NC(=O)N(CC(=O)Nc3nnc(C)s3)C2=O)cc1. The van der Waals surface area contributed by atoms with Crippen molar-refractivity contribution in [1.82, 2.24) is 20.4 Å². The fraction of sp³-hybridized carbons (Fsp3) is 0.312. The highest BCUT2D eigenvalue weighted by atomic mass is 32.1. The Bertz CT molecular complexity index is 866. The number of rotatable bonds is 5. The van der Waals surface area contributed by atoms with Crippen LogP contribution >= 0.6 is 11.3 Å². The molecule has 1 atom stereocenters. The standard InChI is InChI=1S/C16H17N5O4S/c1-9-19-20-14(26-9)17-12(22)8-21-13(23)16(2,18-15(21)24)10-4-6-11(25-3)7-5-10/h4-7H,8H2,1-3H3,(H,18,24)(H,17,20,22). The monoisotopic (exact) mass is 375 g/mol. The van der Waals surface area contributed by atoms with Crippen LogP contribution in [0, 0.1) is 6.92 Å². The molecule has 2 aromatic rings. The fourth-order valence-electron chi connectivity index (χ4n) is 2.61. The van der Waals surface area contributed by atoms with Gasteiger partial charge < -0.3 is 10.1 Å². The molecule has 1 fully saturated rings. The molecule has 0 spiro atoms. The predicted molar refractivity (Wildman–Crippen MR) is 93.9 cm³/mol. The van der Waals surface area contributed by atoms with E-state index in [1.165, 1.54) is 11.3 Å². The first-order chi connectivity index (χ1) is 12.3. The molecule has 0 aliphatic carbocycles. The third kappa shape index (κ3) is 3.23. The van der Waals surface area contributed by atoms with Crippen LogP contribution in [0.1, 0.15) is 17.5 Å². The van der Waals surface area contributed by atoms with Gasteiger partial charge >= 0.3 is 6.03 Å². The summed E-state index contributed by atoms with van der Waals surface area (Å²) in [6.07, 6.45) is 0. The number of urea groups is 1. The van der Waals surface area contributed by atoms with Crippen molar-refractivity contribution in [3.8, 4) is 5.75 Å². The van der Waals surface area contributed by atoms with Gasteiger partial charge in [0, 0.05) is 0 Å². The summed E-state index contributed by atoms with van der Waals surface area (Å²) in [5, 5.41) is 13.8. The van der Waals surface area contributed by atoms with Crippen LogP contribution in [0.5, 0.6) is 5.75 Å². The van der Waals surface area contributed by atoms with Gasteiger partial charge in [0.05, 0.1) is 7.11 Å². The summed E-state index contributed by atoms with van der Waals surface area (Å²) < 4.78 is 5.10. The highest BCUT2D eigenvalue weighted by molar-refractivity contribution is 7.15. The first-order valence-corrected chi connectivity index (χ1v) is 8.54. The maximum absolute atomic E-state index is 12.8. The minimum absolute atomic E-state index is 0.317. The van der Waals surface area contributed by atoms with Crippen LogP contribution in [-0.2, 0) is 15.1 Å². The number of carbonyl (C=O) groups excluding carboxylic acids is 3. The molecule has 2 N–H and O–H groups in total. The van der Waals surface area contributed by atoms with Crippen molar-refractivity contribution in [2.75, 3.05) is 19.0 Å². The molecular formula is C16H17N5O4S. The largest absolute Gasteiger partial charge is 0.497 e. The van der Waals surface area contributed by atoms with Crippen LogP contribution in [-0.4, -0.2) is 46.6 Å². The normalized spacial score (nSPS) is 19.4. The van der Waals surface area contributed by atoms with Gasteiger partial charge in [-0.2, -0.15) is 0 Å². The van der Waals surface area contributed by atoms with E-state index in [-0.39, 0.29) is 0 Å². The molecule has 0 bridgehead atoms. The number of hydrogen-bond donors (Lipinski definition) is 2. The molecule has 2 heterocycles. The lowest BCUT2D eigenvalue weighted by atomic mass is 9.92. The smallest absolute Gasteiger partial charge is 0.325 e. The number of aryl methyl sites for hydroxylation is 1. The summed E-state index contributed by atoms with van der Waals surface area (Å²) in [5.41, 5.74) is -0.650. The van der Waals surface area contributed by atoms with E-state index in [0.717, 1.165) is 4.90 Å². The quantitative estimate of drug-likeness (QED) is 0.761. The van der Waals surface area contributed by atoms with Gasteiger partial charge in [-0.15, -0.1) is 10.2 Å². The van der Waals surface area contributed by atoms with E-state index in [9.17, 15) is 14.4 Å². The molecule has 1 unspecified atom stereocenters. The van der Waals surface area contributed by atoms with Crippen molar-refractivity contribution in [3.05, 3.63) is 34.8 Å². The molecule has 136 valence electrons. The van der Waals surface area contributed by atoms with Crippen molar-refractivity contribution in [3.63, 3.8) is 0 Å². The van der Waals surface area contributed by atoms with Gasteiger partial charge in [-0.1, -0.05) is 23.5 Å². The Balaban J connectivity index is 1.74. The molecule has 1 aromatic heterocycles. The number of ether oxygens (including phenoxy) is 1. The number of methoxy groups -OCH3 is 1. The minimum Gasteiger partial charge on any atom is -0.497 e. The Kier molecular flexibility index (Phi) is 4.60. The van der Waals surface area contributed by atoms with Crippen molar-refractivity contribution < 1.29 is 19.1 Å². The van der Waals surface area contributed by atoms with Gasteiger partial charge in [-0.05, 0) is 31.5 Å². The Morgan fingerprint density at radius 2 is 2.00 bits per heavy atom. The molecule has 1 saturated heterocycles. The van der Waals surface area contributed by atoms with Gasteiger partial charge in [0.1, 0.15) is 22.8 Å². The second-order valence-electron chi connectivity index (χ2n) is 5.85. The predicted octanol–water partition coefficient (Wildman–Crippen LogP) is 1.26. The van der Waals surface area contributed by atoms with Gasteiger partial charge in [-0.25, -0.2) is 4.79 Å². The number of nitrogens with zero attached hydrogens (tertiary/aromatic N) is 3. The van der Waals surface area contributed by atoms with Crippen LogP contribution in [0.25, 0.3) is 0 Å². The third-order valence-electron chi connectivity index (χ3n) is 4.02. The van der Waals surface area contributed by atoms with Gasteiger partial charge in [-0.3, -0.25) is 19.8 Å². The number of anilines is 1. The lowest BCUT2D eigenvalue weighted by molar-refractivity contribution is -0.133. The molecule has 1 aliphatic heterocycles. The summed E-state index contributed by atoms with van der Waals surface area (Å²) in [6.45, 7) is 2.95. The molecule has 9 nitrogen and oxygen atoms in total. The van der Waals surface area contributed by atoms with E-state index in [0.29, 0.717) is 21.5 Å². The van der Waals surface area contributed by atoms with Crippen LogP contribution in [0.3, 0.4) is 0 Å². The second-order valence-corrected chi connectivity index (χ2v) is 7.03. The van der Waals surface area contributed by atoms with Crippen LogP contribution in [0.15, 0.2) is 24.3 Å². The summed E-state index contributed by atoms with van der Waals surface area (Å²) in [7, 11) is 1.54. The van der Waals surface area contributed by atoms with Gasteiger partial charge in [0.25, 0.3) is 5.91 Å². The summed E-state index contributed by atoms with van der Waals surface area (Å²) in [5.74, 6) is -0.391. The average molecular weight is 375 g/mol. The number of aromatic nitrogens is 2. The molecule has 26 heavy (non-hydrogen) atoms. The summed E-state index contributed by atoms with van der Waals surface area (Å²) in [4.78, 5) is 38.1. The number of hydrogen-bond acceptors (Lipinski definition) is 7. The minimum atomic E-state index is -1.25. The van der Waals surface area contributed by atoms with Crippen molar-refractivity contribution in [1.29, 1.82) is 0 Å². The number of nitrogens with one attached hydrogen (secondary N) is 2. The average Bonchev–Trinajstić information content (AvgIpc) is 3.11. The molecule has 3 rings (SSSR count). The number of carbonyl (C=O) groups is 3. The molecule has 4 amide bonds. The van der Waals surface area contributed by atoms with Crippen molar-refractivity contribution >= 4 is 34.3 Å². The topological polar surface area (TPSA) is 114 Å². The molecule has 1 aromatic carbocycles.